The Balaban J connectivity index is 2.00. The standard InChI is InChI=1S/C16H15BrN4O2S/c1-9-13(8-20(2)19-9)21-15(22)12(18-16(21)24)7-10-6-11(17)4-5-14(10)23-3/h4-8H,1-3H3,(H,18,24)/b12-7+. The molecule has 124 valence electrons. The van der Waals surface area contributed by atoms with Crippen LogP contribution in [0.2, 0.25) is 0 Å². The fourth-order valence-corrected chi connectivity index (χ4v) is 3.20. The molecule has 0 unspecified atom stereocenters. The Kier molecular flexibility index (Phi) is 4.42. The fourth-order valence-electron chi connectivity index (χ4n) is 2.53. The van der Waals surface area contributed by atoms with Crippen molar-refractivity contribution in [2.75, 3.05) is 12.0 Å². The Morgan fingerprint density at radius 2 is 2.17 bits per heavy atom. The summed E-state index contributed by atoms with van der Waals surface area (Å²) in [6.45, 7) is 1.84. The van der Waals surface area contributed by atoms with Crippen molar-refractivity contribution in [1.29, 1.82) is 0 Å². The van der Waals surface area contributed by atoms with Gasteiger partial charge >= 0.3 is 0 Å². The van der Waals surface area contributed by atoms with Crippen LogP contribution >= 0.6 is 28.1 Å². The van der Waals surface area contributed by atoms with Gasteiger partial charge in [0.25, 0.3) is 5.91 Å². The molecule has 24 heavy (non-hydrogen) atoms. The summed E-state index contributed by atoms with van der Waals surface area (Å²) in [6, 6.07) is 5.58. The van der Waals surface area contributed by atoms with E-state index in [0.717, 1.165) is 15.7 Å². The molecule has 1 N–H and O–H groups in total. The Morgan fingerprint density at radius 3 is 2.79 bits per heavy atom. The van der Waals surface area contributed by atoms with E-state index in [4.69, 9.17) is 17.0 Å². The topological polar surface area (TPSA) is 59.4 Å². The van der Waals surface area contributed by atoms with Crippen LogP contribution in [0.1, 0.15) is 11.3 Å². The maximum atomic E-state index is 12.8. The highest BCUT2D eigenvalue weighted by Gasteiger charge is 2.34. The van der Waals surface area contributed by atoms with Gasteiger partial charge in [-0.05, 0) is 43.4 Å². The van der Waals surface area contributed by atoms with Gasteiger partial charge in [-0.2, -0.15) is 5.10 Å². The minimum absolute atomic E-state index is 0.224. The first-order valence-electron chi connectivity index (χ1n) is 7.11. The SMILES string of the molecule is COc1ccc(Br)cc1/C=C1/NC(=S)N(c2cn(C)nc2C)C1=O. The number of hydrogen-bond acceptors (Lipinski definition) is 4. The molecule has 1 saturated heterocycles. The maximum absolute atomic E-state index is 12.8. The molecule has 1 aliphatic heterocycles. The van der Waals surface area contributed by atoms with Crippen LogP contribution in [0.3, 0.4) is 0 Å². The summed E-state index contributed by atoms with van der Waals surface area (Å²) in [7, 11) is 3.39. The number of rotatable bonds is 3. The molecular formula is C16H15BrN4O2S. The summed E-state index contributed by atoms with van der Waals surface area (Å²) in [4.78, 5) is 14.2. The number of halogens is 1. The number of carbonyl (C=O) groups excluding carboxylic acids is 1. The first-order chi connectivity index (χ1) is 11.4. The lowest BCUT2D eigenvalue weighted by Gasteiger charge is -2.12. The number of aromatic nitrogens is 2. The van der Waals surface area contributed by atoms with Crippen LogP contribution in [0, 0.1) is 6.92 Å². The summed E-state index contributed by atoms with van der Waals surface area (Å²) in [5.41, 5.74) is 2.57. The second-order valence-electron chi connectivity index (χ2n) is 5.29. The highest BCUT2D eigenvalue weighted by molar-refractivity contribution is 9.10. The summed E-state index contributed by atoms with van der Waals surface area (Å²) in [6.07, 6.45) is 3.49. The Labute approximate surface area is 153 Å². The molecule has 1 aromatic carbocycles. The van der Waals surface area contributed by atoms with Gasteiger partial charge in [-0.15, -0.1) is 0 Å². The normalized spacial score (nSPS) is 16.0. The third kappa shape index (κ3) is 2.94. The minimum atomic E-state index is -0.224. The van der Waals surface area contributed by atoms with Gasteiger partial charge in [-0.1, -0.05) is 15.9 Å². The van der Waals surface area contributed by atoms with E-state index in [2.05, 4.69) is 26.3 Å². The molecule has 3 rings (SSSR count). The lowest BCUT2D eigenvalue weighted by Crippen LogP contribution is -2.30. The van der Waals surface area contributed by atoms with E-state index in [1.807, 2.05) is 25.1 Å². The van der Waals surface area contributed by atoms with Gasteiger partial charge in [0.2, 0.25) is 0 Å². The third-order valence-corrected chi connectivity index (χ3v) is 4.38. The van der Waals surface area contributed by atoms with Gasteiger partial charge in [0.05, 0.1) is 18.5 Å². The zero-order valence-electron chi connectivity index (χ0n) is 13.3. The van der Waals surface area contributed by atoms with Crippen molar-refractivity contribution in [1.82, 2.24) is 15.1 Å². The minimum Gasteiger partial charge on any atom is -0.496 e. The second-order valence-corrected chi connectivity index (χ2v) is 6.59. The number of hydrogen-bond donors (Lipinski definition) is 1. The molecule has 1 aromatic heterocycles. The molecule has 0 atom stereocenters. The zero-order chi connectivity index (χ0) is 17.4. The number of thiocarbonyl (C=S) groups is 1. The van der Waals surface area contributed by atoms with Crippen molar-refractivity contribution >= 4 is 50.9 Å². The first kappa shape index (κ1) is 16.7. The summed E-state index contributed by atoms with van der Waals surface area (Å²) in [5, 5.41) is 7.56. The maximum Gasteiger partial charge on any atom is 0.281 e. The molecule has 6 nitrogen and oxygen atoms in total. The molecule has 8 heteroatoms. The number of amides is 1. The van der Waals surface area contributed by atoms with Gasteiger partial charge in [-0.25, -0.2) is 4.90 Å². The Bertz CT molecular complexity index is 875. The number of ether oxygens (including phenoxy) is 1. The molecule has 2 aromatic rings. The number of anilines is 1. The van der Waals surface area contributed by atoms with Crippen molar-refractivity contribution in [3.63, 3.8) is 0 Å². The largest absolute Gasteiger partial charge is 0.496 e. The number of aryl methyl sites for hydroxylation is 2. The lowest BCUT2D eigenvalue weighted by atomic mass is 10.1. The van der Waals surface area contributed by atoms with Crippen molar-refractivity contribution < 1.29 is 9.53 Å². The predicted octanol–water partition coefficient (Wildman–Crippen LogP) is 2.76. The van der Waals surface area contributed by atoms with Crippen molar-refractivity contribution in [2.45, 2.75) is 6.92 Å². The number of carbonyl (C=O) groups is 1. The van der Waals surface area contributed by atoms with E-state index in [0.29, 0.717) is 22.2 Å². The van der Waals surface area contributed by atoms with Crippen LogP contribution in [0.5, 0.6) is 5.75 Å². The molecule has 0 bridgehead atoms. The summed E-state index contributed by atoms with van der Waals surface area (Å²) < 4.78 is 7.89. The van der Waals surface area contributed by atoms with Gasteiger partial charge < -0.3 is 10.1 Å². The molecule has 0 aliphatic carbocycles. The molecule has 0 radical (unpaired) electrons. The van der Waals surface area contributed by atoms with E-state index >= 15 is 0 Å². The van der Waals surface area contributed by atoms with E-state index in [1.54, 1.807) is 31.1 Å². The Hall–Kier alpha value is -2.19. The van der Waals surface area contributed by atoms with E-state index in [9.17, 15) is 4.79 Å². The second kappa shape index (κ2) is 6.37. The third-order valence-electron chi connectivity index (χ3n) is 3.60. The monoisotopic (exact) mass is 406 g/mol. The first-order valence-corrected chi connectivity index (χ1v) is 8.31. The highest BCUT2D eigenvalue weighted by atomic mass is 79.9. The fraction of sp³-hybridized carbons (Fsp3) is 0.188. The van der Waals surface area contributed by atoms with Crippen molar-refractivity contribution in [3.8, 4) is 5.75 Å². The van der Waals surface area contributed by atoms with Crippen molar-refractivity contribution in [2.24, 2.45) is 7.05 Å². The van der Waals surface area contributed by atoms with Gasteiger partial charge in [0.1, 0.15) is 11.4 Å². The van der Waals surface area contributed by atoms with Crippen LogP contribution in [-0.4, -0.2) is 27.9 Å². The lowest BCUT2D eigenvalue weighted by molar-refractivity contribution is -0.113. The number of methoxy groups -OCH3 is 1. The number of nitrogens with zero attached hydrogens (tertiary/aromatic N) is 3. The van der Waals surface area contributed by atoms with Gasteiger partial charge in [0, 0.05) is 23.3 Å². The zero-order valence-corrected chi connectivity index (χ0v) is 15.7. The molecule has 0 saturated carbocycles. The molecule has 1 amide bonds. The highest BCUT2D eigenvalue weighted by Crippen LogP contribution is 2.28. The van der Waals surface area contributed by atoms with Gasteiger partial charge in [-0.3, -0.25) is 9.48 Å². The Morgan fingerprint density at radius 1 is 1.42 bits per heavy atom. The summed E-state index contributed by atoms with van der Waals surface area (Å²) in [5.74, 6) is 0.445. The average molecular weight is 407 g/mol. The van der Waals surface area contributed by atoms with Crippen LogP contribution < -0.4 is 15.0 Å². The van der Waals surface area contributed by atoms with Crippen molar-refractivity contribution in [3.05, 3.63) is 45.8 Å². The predicted molar refractivity (Wildman–Crippen MR) is 99.8 cm³/mol. The van der Waals surface area contributed by atoms with E-state index < -0.39 is 0 Å². The molecule has 2 heterocycles. The molecule has 0 spiro atoms. The van der Waals surface area contributed by atoms with Gasteiger partial charge in [0.15, 0.2) is 5.11 Å². The smallest absolute Gasteiger partial charge is 0.281 e. The van der Waals surface area contributed by atoms with Crippen LogP contribution in [0.15, 0.2) is 34.6 Å². The quantitative estimate of drug-likeness (QED) is 0.627. The molecule has 1 aliphatic rings. The summed E-state index contributed by atoms with van der Waals surface area (Å²) >= 11 is 8.75. The molecule has 1 fully saturated rings. The van der Waals surface area contributed by atoms with E-state index in [-0.39, 0.29) is 5.91 Å². The average Bonchev–Trinajstić information content (AvgIpc) is 2.98. The molecular weight excluding hydrogens is 392 g/mol. The number of nitrogens with one attached hydrogen (secondary N) is 1. The van der Waals surface area contributed by atoms with Crippen LogP contribution in [0.25, 0.3) is 6.08 Å². The van der Waals surface area contributed by atoms with E-state index in [1.165, 1.54) is 4.90 Å². The van der Waals surface area contributed by atoms with Crippen LogP contribution in [-0.2, 0) is 11.8 Å². The van der Waals surface area contributed by atoms with Crippen LogP contribution in [0.4, 0.5) is 5.69 Å². The number of benzene rings is 1.